The minimum Gasteiger partial charge on any atom is -0.474 e. The van der Waals surface area contributed by atoms with E-state index in [2.05, 4.69) is 51.5 Å². The second-order valence-electron chi connectivity index (χ2n) is 27.1. The third-order valence-electron chi connectivity index (χ3n) is 18.2. The summed E-state index contributed by atoms with van der Waals surface area (Å²) in [7, 11) is -3.21. The molecule has 5 aromatic rings. The minimum atomic E-state index is -3.21. The van der Waals surface area contributed by atoms with Crippen LogP contribution in [0.4, 0.5) is 16.4 Å². The fourth-order valence-corrected chi connectivity index (χ4v) is 14.0. The van der Waals surface area contributed by atoms with Crippen molar-refractivity contribution in [2.24, 2.45) is 11.8 Å². The number of imidazole rings is 1. The van der Waals surface area contributed by atoms with Crippen molar-refractivity contribution in [3.8, 4) is 5.88 Å². The van der Waals surface area contributed by atoms with Gasteiger partial charge in [-0.25, -0.2) is 19.7 Å². The predicted octanol–water partition coefficient (Wildman–Crippen LogP) is 3.99. The van der Waals surface area contributed by atoms with Gasteiger partial charge in [0.2, 0.25) is 35.5 Å². The number of imide groups is 1. The summed E-state index contributed by atoms with van der Waals surface area (Å²) >= 11 is 0. The number of unbranched alkanes of at least 4 members (excludes halogenated alkanes) is 1. The number of hydrogen-bond donors (Lipinski definition) is 6. The molecule has 114 heavy (non-hydrogen) atoms. The maximum Gasteiger partial charge on any atom is 0.410 e. The number of carbonyl (C=O) groups excluding carboxylic acids is 8. The highest BCUT2D eigenvalue weighted by molar-refractivity contribution is 7.33. The number of aromatic amines is 1. The standard InChI is InChI=1S/C73H101N13O26P2/c1-47(2)63(80-68(92)56(12-8-9-22-85-61(88)17-18-62(85)89)79-59(87)20-23-99-26-27-101-30-31-103-34-35-105-37-36-104-33-32-102-29-28-100-25-24-98-5)69(93)77-48(3)66(90)78-52-15-13-49(14-16-52)42-106-73(95)84(4)41-50-10-6-7-11-55(50)67(91)82-72-81-65-64(70(94)83-72)76-46-86(65)71-58-40-54(110-71)44-108-114(97)111-57-39-53(109-60-19-21-74-45-75-60)38-51(57)43-107-113(96)112-58/h6-7,10-11,13-19,21,45-48,51,53-54,56-58,63,71,113-114H,8-9,12,20,22-44H2,1-5H3,(H,77,93)(H,78,90)(H,79,87)(H,80,92)(H2,81,82,83,91,94)/t48-,51+,53+,54-,56-,57-,58+,63-,71+/m0/s1. The summed E-state index contributed by atoms with van der Waals surface area (Å²) in [5, 5.41) is 13.5. The van der Waals surface area contributed by atoms with E-state index in [0.717, 1.165) is 4.90 Å². The van der Waals surface area contributed by atoms with E-state index >= 15 is 0 Å². The monoisotopic (exact) mass is 1640 g/mol. The normalized spacial score (nSPS) is 20.4. The van der Waals surface area contributed by atoms with Crippen LogP contribution in [0, 0.1) is 11.8 Å². The molecule has 11 atom stereocenters. The van der Waals surface area contributed by atoms with E-state index in [4.69, 9.17) is 70.2 Å². The van der Waals surface area contributed by atoms with Gasteiger partial charge in [-0.2, -0.15) is 4.98 Å². The highest BCUT2D eigenvalue weighted by Crippen LogP contribution is 2.44. The molecule has 3 fully saturated rings. The van der Waals surface area contributed by atoms with E-state index in [-0.39, 0.29) is 107 Å². The molecule has 2 aromatic carbocycles. The molecule has 2 bridgehead atoms. The van der Waals surface area contributed by atoms with Crippen LogP contribution >= 0.6 is 16.5 Å². The van der Waals surface area contributed by atoms with E-state index in [0.29, 0.717) is 128 Å². The number of fused-ring (bicyclic) bond motifs is 4. The zero-order chi connectivity index (χ0) is 81.1. The van der Waals surface area contributed by atoms with E-state index < -0.39 is 118 Å². The molecular weight excluding hydrogens is 1540 g/mol. The van der Waals surface area contributed by atoms with Gasteiger partial charge in [0.25, 0.3) is 23.3 Å². The number of H-pyrrole nitrogens is 1. The molecule has 6 N–H and O–H groups in total. The molecule has 624 valence electrons. The molecule has 39 nitrogen and oxygen atoms in total. The summed E-state index contributed by atoms with van der Waals surface area (Å²) in [6, 6.07) is 11.0. The zero-order valence-electron chi connectivity index (χ0n) is 64.2. The molecule has 3 aromatic heterocycles. The maximum atomic E-state index is 14.0. The third-order valence-corrected chi connectivity index (χ3v) is 20.0. The molecule has 6 heterocycles. The van der Waals surface area contributed by atoms with Gasteiger partial charge >= 0.3 is 22.6 Å². The number of hydrogen-bond acceptors (Lipinski definition) is 30. The summed E-state index contributed by atoms with van der Waals surface area (Å²) in [6.07, 6.45) is 3.39. The minimum absolute atomic E-state index is 0.00901. The molecule has 1 aliphatic carbocycles. The Kier molecular flexibility index (Phi) is 36.9. The summed E-state index contributed by atoms with van der Waals surface area (Å²) < 4.78 is 113. The number of rotatable bonds is 46. The van der Waals surface area contributed by atoms with Gasteiger partial charge in [0.05, 0.1) is 131 Å². The Labute approximate surface area is 658 Å². The molecule has 4 aliphatic rings. The van der Waals surface area contributed by atoms with Gasteiger partial charge in [0, 0.05) is 88.1 Å². The average Bonchev–Trinajstić information content (AvgIpc) is 1.61. The molecule has 41 heteroatoms. The predicted molar refractivity (Wildman–Crippen MR) is 405 cm³/mol. The van der Waals surface area contributed by atoms with E-state index in [1.54, 1.807) is 69.5 Å². The summed E-state index contributed by atoms with van der Waals surface area (Å²) in [4.78, 5) is 142. The second-order valence-corrected chi connectivity index (χ2v) is 29.1. The highest BCUT2D eigenvalue weighted by Gasteiger charge is 2.43. The van der Waals surface area contributed by atoms with Crippen LogP contribution in [0.2, 0.25) is 0 Å². The topological polar surface area (TPSA) is 465 Å². The Morgan fingerprint density at radius 1 is 0.684 bits per heavy atom. The van der Waals surface area contributed by atoms with Crippen LogP contribution in [0.15, 0.2) is 90.4 Å². The molecule has 0 radical (unpaired) electrons. The van der Waals surface area contributed by atoms with Crippen molar-refractivity contribution in [3.63, 3.8) is 0 Å². The number of nitrogens with zero attached hydrogens (tertiary/aromatic N) is 7. The quantitative estimate of drug-likeness (QED) is 0.0182. The van der Waals surface area contributed by atoms with Gasteiger partial charge in [0.15, 0.2) is 17.4 Å². The number of benzene rings is 2. The molecule has 0 spiro atoms. The Balaban J connectivity index is 0.685. The van der Waals surface area contributed by atoms with Crippen molar-refractivity contribution >= 4 is 86.8 Å². The van der Waals surface area contributed by atoms with Gasteiger partial charge in [-0.05, 0) is 67.9 Å². The number of methoxy groups -OCH3 is 1. The number of ether oxygens (including phenoxy) is 11. The van der Waals surface area contributed by atoms with E-state index in [1.807, 2.05) is 0 Å². The Bertz CT molecular complexity index is 4070. The van der Waals surface area contributed by atoms with Crippen LogP contribution < -0.4 is 36.9 Å². The molecular formula is C73H101N13O26P2. The Morgan fingerprint density at radius 3 is 1.96 bits per heavy atom. The van der Waals surface area contributed by atoms with Crippen LogP contribution in [0.3, 0.4) is 0 Å². The van der Waals surface area contributed by atoms with Crippen LogP contribution in [0.1, 0.15) is 93.4 Å². The zero-order valence-corrected chi connectivity index (χ0v) is 66.2. The first-order valence-corrected chi connectivity index (χ1v) is 40.0. The third kappa shape index (κ3) is 28.8. The maximum absolute atomic E-state index is 14.0. The SMILES string of the molecule is COCCOCCOCCOCCOCCOCCOCCOCCC(=O)N[C@@H](CCCCN1C(=O)C=CC1=O)C(=O)N[C@H](C(=O)N[C@@H](C)C(=O)Nc1ccc(COC(=O)N(C)Cc2ccccc2C(=O)Nc2nc3c(ncn3[C@@H]3O[C@@H]4CO[PH](=O)O[C@H]5C[C@H](Oc6ccncn6)C[C@@H]5CO[PH](=O)O[C@@H]3C4)c(=O)[nH]2)cc1)C(C)C. The van der Waals surface area contributed by atoms with Crippen molar-refractivity contribution in [2.45, 2.75) is 128 Å². The largest absolute Gasteiger partial charge is 0.474 e. The molecule has 3 aliphatic heterocycles. The first-order chi connectivity index (χ1) is 55.2. The summed E-state index contributed by atoms with van der Waals surface area (Å²) in [6.45, 7) is 9.98. The molecule has 2 unspecified atom stereocenters. The van der Waals surface area contributed by atoms with Gasteiger partial charge < -0.3 is 96.4 Å². The van der Waals surface area contributed by atoms with Crippen molar-refractivity contribution in [3.05, 3.63) is 113 Å². The fourth-order valence-electron chi connectivity index (χ4n) is 12.2. The van der Waals surface area contributed by atoms with Crippen LogP contribution in [0.25, 0.3) is 11.2 Å². The molecule has 9 rings (SSSR count). The van der Waals surface area contributed by atoms with Gasteiger partial charge in [-0.15, -0.1) is 0 Å². The lowest BCUT2D eigenvalue weighted by Gasteiger charge is -2.26. The lowest BCUT2D eigenvalue weighted by Crippen LogP contribution is -2.57. The Morgan fingerprint density at radius 2 is 1.32 bits per heavy atom. The number of carbonyl (C=O) groups is 8. The van der Waals surface area contributed by atoms with Crippen LogP contribution in [-0.2, 0) is 117 Å². The second kappa shape index (κ2) is 47.2. The first kappa shape index (κ1) is 89.0. The molecule has 1 saturated carbocycles. The van der Waals surface area contributed by atoms with Crippen molar-refractivity contribution in [2.75, 3.05) is 144 Å². The number of nitrogens with one attached hydrogen (secondary N) is 6. The lowest BCUT2D eigenvalue weighted by molar-refractivity contribution is -0.137. The van der Waals surface area contributed by atoms with Gasteiger partial charge in [-0.3, -0.25) is 67.3 Å². The average molecular weight is 1640 g/mol. The van der Waals surface area contributed by atoms with E-state index in [1.165, 1.54) is 60.5 Å². The molecule has 8 amide bonds. The first-order valence-electron chi connectivity index (χ1n) is 37.6. The smallest absolute Gasteiger partial charge is 0.410 e. The number of amides is 8. The van der Waals surface area contributed by atoms with Gasteiger partial charge in [-0.1, -0.05) is 44.2 Å². The van der Waals surface area contributed by atoms with Crippen LogP contribution in [0.5, 0.6) is 5.88 Å². The summed E-state index contributed by atoms with van der Waals surface area (Å²) in [5.41, 5.74) is 0.507. The lowest BCUT2D eigenvalue weighted by atomic mass is 10.0. The van der Waals surface area contributed by atoms with Crippen molar-refractivity contribution in [1.82, 2.24) is 55.2 Å². The van der Waals surface area contributed by atoms with Crippen molar-refractivity contribution in [1.29, 1.82) is 0 Å². The number of aromatic nitrogens is 6. The Hall–Kier alpha value is -8.89. The van der Waals surface area contributed by atoms with Crippen LogP contribution in [-0.4, -0.2) is 262 Å². The fraction of sp³-hybridized carbons (Fsp3) is 0.575. The molecule has 2 saturated heterocycles. The number of anilines is 2. The summed E-state index contributed by atoms with van der Waals surface area (Å²) in [5.74, 6) is -4.87. The van der Waals surface area contributed by atoms with Crippen molar-refractivity contribution < 1.29 is 118 Å². The highest BCUT2D eigenvalue weighted by atomic mass is 31.1. The van der Waals surface area contributed by atoms with Gasteiger partial charge in [0.1, 0.15) is 43.3 Å². The van der Waals surface area contributed by atoms with E-state index in [9.17, 15) is 52.3 Å².